The second-order valence-electron chi connectivity index (χ2n) is 4.39. The first kappa shape index (κ1) is 15.0. The topological polar surface area (TPSA) is 80.9 Å². The molecule has 0 spiro atoms. The van der Waals surface area contributed by atoms with Crippen LogP contribution in [0.15, 0.2) is 17.3 Å². The lowest BCUT2D eigenvalue weighted by Gasteiger charge is -2.02. The number of amides is 1. The molecule has 0 radical (unpaired) electrons. The first-order valence-electron chi connectivity index (χ1n) is 6.05. The smallest absolute Gasteiger partial charge is 0.275 e. The molecule has 2 rings (SSSR count). The monoisotopic (exact) mass is 308 g/mol. The predicted octanol–water partition coefficient (Wildman–Crippen LogP) is 2.36. The van der Waals surface area contributed by atoms with Crippen molar-refractivity contribution >= 4 is 29.0 Å². The minimum absolute atomic E-state index is 0.253. The van der Waals surface area contributed by atoms with E-state index in [2.05, 4.69) is 15.4 Å². The number of thiophene rings is 1. The number of thioether (sulfide) groups is 1. The molecule has 2 aromatic rings. The summed E-state index contributed by atoms with van der Waals surface area (Å²) in [7, 11) is 0. The van der Waals surface area contributed by atoms with Gasteiger partial charge in [-0.15, -0.1) is 11.3 Å². The standard InChI is InChI=1S/C13H16N4OS2/c1-7-4-8(2)16-13(15-7)19-6-10-5-11(12(18)17-14)20-9(10)3/h4-5H,6,14H2,1-3H3,(H,17,18). The lowest BCUT2D eigenvalue weighted by molar-refractivity contribution is 0.0957. The molecule has 0 aliphatic heterocycles. The highest BCUT2D eigenvalue weighted by molar-refractivity contribution is 7.98. The Kier molecular flexibility index (Phi) is 4.74. The molecular weight excluding hydrogens is 292 g/mol. The van der Waals surface area contributed by atoms with Gasteiger partial charge in [0.25, 0.3) is 5.91 Å². The van der Waals surface area contributed by atoms with Crippen molar-refractivity contribution in [3.05, 3.63) is 38.8 Å². The van der Waals surface area contributed by atoms with E-state index in [4.69, 9.17) is 5.84 Å². The fraction of sp³-hybridized carbons (Fsp3) is 0.308. The highest BCUT2D eigenvalue weighted by Crippen LogP contribution is 2.27. The molecule has 0 aromatic carbocycles. The normalized spacial score (nSPS) is 10.6. The minimum atomic E-state index is -0.253. The summed E-state index contributed by atoms with van der Waals surface area (Å²) in [6, 6.07) is 3.82. The SMILES string of the molecule is Cc1cc(C)nc(SCc2cc(C(=O)NN)sc2C)n1. The van der Waals surface area contributed by atoms with Crippen LogP contribution >= 0.6 is 23.1 Å². The summed E-state index contributed by atoms with van der Waals surface area (Å²) in [5, 5.41) is 0.762. The van der Waals surface area contributed by atoms with E-state index in [0.717, 1.165) is 32.7 Å². The molecule has 106 valence electrons. The molecule has 3 N–H and O–H groups in total. The van der Waals surface area contributed by atoms with Crippen LogP contribution in [0, 0.1) is 20.8 Å². The van der Waals surface area contributed by atoms with Crippen LogP contribution in [0.2, 0.25) is 0 Å². The zero-order valence-electron chi connectivity index (χ0n) is 11.6. The van der Waals surface area contributed by atoms with Gasteiger partial charge in [-0.3, -0.25) is 10.2 Å². The molecule has 0 aliphatic rings. The first-order valence-corrected chi connectivity index (χ1v) is 7.85. The van der Waals surface area contributed by atoms with E-state index in [-0.39, 0.29) is 5.91 Å². The molecule has 0 fully saturated rings. The number of nitrogens with one attached hydrogen (secondary N) is 1. The zero-order chi connectivity index (χ0) is 14.7. The summed E-state index contributed by atoms with van der Waals surface area (Å²) in [5.41, 5.74) is 5.19. The average molecular weight is 308 g/mol. The number of hydrogen-bond donors (Lipinski definition) is 2. The van der Waals surface area contributed by atoms with E-state index >= 15 is 0 Å². The van der Waals surface area contributed by atoms with Crippen molar-refractivity contribution in [3.8, 4) is 0 Å². The van der Waals surface area contributed by atoms with Gasteiger partial charge < -0.3 is 0 Å². The number of carbonyl (C=O) groups is 1. The molecule has 1 amide bonds. The average Bonchev–Trinajstić information content (AvgIpc) is 2.76. The van der Waals surface area contributed by atoms with E-state index in [0.29, 0.717) is 4.88 Å². The Bertz CT molecular complexity index is 619. The molecule has 2 aromatic heterocycles. The molecule has 0 bridgehead atoms. The lowest BCUT2D eigenvalue weighted by atomic mass is 10.3. The number of nitrogens with two attached hydrogens (primary N) is 1. The van der Waals surface area contributed by atoms with Gasteiger partial charge in [-0.05, 0) is 38.5 Å². The second kappa shape index (κ2) is 6.34. The number of rotatable bonds is 4. The van der Waals surface area contributed by atoms with E-state index in [1.165, 1.54) is 11.3 Å². The number of hydrogen-bond acceptors (Lipinski definition) is 6. The van der Waals surface area contributed by atoms with Gasteiger partial charge in [0.2, 0.25) is 0 Å². The van der Waals surface area contributed by atoms with Crippen molar-refractivity contribution in [1.82, 2.24) is 15.4 Å². The van der Waals surface area contributed by atoms with Gasteiger partial charge in [0.15, 0.2) is 5.16 Å². The molecular formula is C13H16N4OS2. The van der Waals surface area contributed by atoms with E-state index < -0.39 is 0 Å². The Balaban J connectivity index is 2.10. The molecule has 0 atom stereocenters. The third kappa shape index (κ3) is 3.56. The van der Waals surface area contributed by atoms with Gasteiger partial charge >= 0.3 is 0 Å². The summed E-state index contributed by atoms with van der Waals surface area (Å²) in [6.07, 6.45) is 0. The van der Waals surface area contributed by atoms with Crippen LogP contribution in [0.25, 0.3) is 0 Å². The zero-order valence-corrected chi connectivity index (χ0v) is 13.2. The Morgan fingerprint density at radius 2 is 1.95 bits per heavy atom. The third-order valence-electron chi connectivity index (χ3n) is 2.69. The van der Waals surface area contributed by atoms with Crippen molar-refractivity contribution in [2.75, 3.05) is 0 Å². The number of aryl methyl sites for hydroxylation is 3. The van der Waals surface area contributed by atoms with Gasteiger partial charge in [0.1, 0.15) is 0 Å². The van der Waals surface area contributed by atoms with Gasteiger partial charge in [0, 0.05) is 22.0 Å². The Labute approximate surface area is 126 Å². The fourth-order valence-corrected chi connectivity index (χ4v) is 3.78. The Hall–Kier alpha value is -1.44. The van der Waals surface area contributed by atoms with Gasteiger partial charge in [-0.25, -0.2) is 15.8 Å². The van der Waals surface area contributed by atoms with Crippen LogP contribution < -0.4 is 11.3 Å². The van der Waals surface area contributed by atoms with Crippen molar-refractivity contribution in [1.29, 1.82) is 0 Å². The largest absolute Gasteiger partial charge is 0.289 e. The molecule has 2 heterocycles. The van der Waals surface area contributed by atoms with Crippen LogP contribution in [0.5, 0.6) is 0 Å². The summed E-state index contributed by atoms with van der Waals surface area (Å²) in [4.78, 5) is 22.0. The predicted molar refractivity (Wildman–Crippen MR) is 81.8 cm³/mol. The van der Waals surface area contributed by atoms with Crippen LogP contribution in [-0.2, 0) is 5.75 Å². The van der Waals surface area contributed by atoms with Crippen molar-refractivity contribution in [2.24, 2.45) is 5.84 Å². The summed E-state index contributed by atoms with van der Waals surface area (Å²) >= 11 is 3.01. The molecule has 0 unspecified atom stereocenters. The van der Waals surface area contributed by atoms with Gasteiger partial charge in [-0.1, -0.05) is 11.8 Å². The maximum Gasteiger partial charge on any atom is 0.275 e. The summed E-state index contributed by atoms with van der Waals surface area (Å²) < 4.78 is 0. The highest BCUT2D eigenvalue weighted by Gasteiger charge is 2.12. The van der Waals surface area contributed by atoms with Crippen molar-refractivity contribution < 1.29 is 4.79 Å². The Morgan fingerprint density at radius 1 is 1.30 bits per heavy atom. The molecule has 20 heavy (non-hydrogen) atoms. The number of aromatic nitrogens is 2. The number of nitrogen functional groups attached to an aromatic ring is 1. The highest BCUT2D eigenvalue weighted by atomic mass is 32.2. The molecule has 7 heteroatoms. The van der Waals surface area contributed by atoms with E-state index in [1.807, 2.05) is 32.9 Å². The maximum absolute atomic E-state index is 11.5. The summed E-state index contributed by atoms with van der Waals surface area (Å²) in [6.45, 7) is 5.91. The van der Waals surface area contributed by atoms with Crippen molar-refractivity contribution in [3.63, 3.8) is 0 Å². The van der Waals surface area contributed by atoms with Gasteiger partial charge in [-0.2, -0.15) is 0 Å². The third-order valence-corrected chi connectivity index (χ3v) is 4.68. The number of nitrogens with zero attached hydrogens (tertiary/aromatic N) is 2. The molecule has 0 saturated carbocycles. The first-order chi connectivity index (χ1) is 9.49. The van der Waals surface area contributed by atoms with E-state index in [1.54, 1.807) is 11.8 Å². The molecule has 0 saturated heterocycles. The molecule has 5 nitrogen and oxygen atoms in total. The van der Waals surface area contributed by atoms with E-state index in [9.17, 15) is 4.79 Å². The van der Waals surface area contributed by atoms with Crippen molar-refractivity contribution in [2.45, 2.75) is 31.7 Å². The van der Waals surface area contributed by atoms with Crippen LogP contribution in [-0.4, -0.2) is 15.9 Å². The van der Waals surface area contributed by atoms with Crippen LogP contribution in [0.3, 0.4) is 0 Å². The van der Waals surface area contributed by atoms with Crippen LogP contribution in [0.4, 0.5) is 0 Å². The Morgan fingerprint density at radius 3 is 2.55 bits per heavy atom. The van der Waals surface area contributed by atoms with Gasteiger partial charge in [0.05, 0.1) is 4.88 Å². The number of carbonyl (C=O) groups excluding carboxylic acids is 1. The minimum Gasteiger partial charge on any atom is -0.289 e. The lowest BCUT2D eigenvalue weighted by Crippen LogP contribution is -2.29. The fourth-order valence-electron chi connectivity index (χ4n) is 1.75. The van der Waals surface area contributed by atoms with Crippen LogP contribution in [0.1, 0.15) is 31.5 Å². The maximum atomic E-state index is 11.5. The summed E-state index contributed by atoms with van der Waals surface area (Å²) in [5.74, 6) is 5.63. The second-order valence-corrected chi connectivity index (χ2v) is 6.59. The number of hydrazine groups is 1. The quantitative estimate of drug-likeness (QED) is 0.298. The molecule has 0 aliphatic carbocycles.